The minimum absolute atomic E-state index is 0.444. The molecular weight excluding hydrogens is 199 g/mol. The maximum atomic E-state index is 5.21. The van der Waals surface area contributed by atoms with Crippen LogP contribution in [0.4, 0.5) is 0 Å². The van der Waals surface area contributed by atoms with Crippen LogP contribution in [-0.2, 0) is 9.47 Å². The van der Waals surface area contributed by atoms with Crippen LogP contribution < -0.4 is 0 Å². The first-order valence-electron chi connectivity index (χ1n) is 2.34. The van der Waals surface area contributed by atoms with Crippen LogP contribution in [0.3, 0.4) is 0 Å². The van der Waals surface area contributed by atoms with Gasteiger partial charge in [-0.05, 0) is 0 Å². The van der Waals surface area contributed by atoms with Gasteiger partial charge >= 0.3 is 55.9 Å². The molecule has 0 aromatic heterocycles. The maximum absolute atomic E-state index is 5.21. The van der Waals surface area contributed by atoms with Gasteiger partial charge in [-0.25, -0.2) is 0 Å². The molecular formula is C4H8O2Sn. The van der Waals surface area contributed by atoms with Crippen molar-refractivity contribution in [2.75, 3.05) is 19.8 Å². The zero-order valence-corrected chi connectivity index (χ0v) is 7.39. The standard InChI is InChI=1S/C4H7O2.Sn.H/c1-2-6-4-3-5-1;;/h1H,2-4H2;;. The van der Waals surface area contributed by atoms with E-state index < -0.39 is 0 Å². The SMILES string of the molecule is [SnH][CH]1COCCO1. The summed E-state index contributed by atoms with van der Waals surface area (Å²) in [5.74, 6) is 0. The molecule has 40 valence electrons. The second-order valence-corrected chi connectivity index (χ2v) is 3.61. The number of hydrogen-bond acceptors (Lipinski definition) is 2. The number of ether oxygens (including phenoxy) is 2. The molecule has 0 bridgehead atoms. The van der Waals surface area contributed by atoms with E-state index in [9.17, 15) is 0 Å². The second kappa shape index (κ2) is 2.89. The van der Waals surface area contributed by atoms with Crippen LogP contribution in [0.25, 0.3) is 0 Å². The van der Waals surface area contributed by atoms with Crippen molar-refractivity contribution < 1.29 is 9.47 Å². The number of rotatable bonds is 0. The minimum atomic E-state index is 0.444. The summed E-state index contributed by atoms with van der Waals surface area (Å²) in [6.45, 7) is 2.41. The first-order valence-corrected chi connectivity index (χ1v) is 4.25. The average molecular weight is 207 g/mol. The molecule has 1 rings (SSSR count). The molecule has 0 amide bonds. The van der Waals surface area contributed by atoms with Crippen molar-refractivity contribution in [2.24, 2.45) is 0 Å². The van der Waals surface area contributed by atoms with Crippen molar-refractivity contribution in [1.29, 1.82) is 0 Å². The van der Waals surface area contributed by atoms with E-state index in [1.807, 2.05) is 0 Å². The fourth-order valence-electron chi connectivity index (χ4n) is 0.506. The van der Waals surface area contributed by atoms with Gasteiger partial charge in [0, 0.05) is 0 Å². The Bertz CT molecular complexity index is 51.7. The van der Waals surface area contributed by atoms with Crippen LogP contribution in [0.15, 0.2) is 0 Å². The fourth-order valence-corrected chi connectivity index (χ4v) is 1.28. The molecule has 0 aromatic carbocycles. The third-order valence-corrected chi connectivity index (χ3v) is 1.94. The summed E-state index contributed by atoms with van der Waals surface area (Å²) in [5, 5.41) is 0. The zero-order chi connectivity index (χ0) is 5.11. The second-order valence-electron chi connectivity index (χ2n) is 1.48. The Morgan fingerprint density at radius 1 is 1.43 bits per heavy atom. The summed E-state index contributed by atoms with van der Waals surface area (Å²) in [5.41, 5.74) is 0. The van der Waals surface area contributed by atoms with E-state index in [1.165, 1.54) is 0 Å². The van der Waals surface area contributed by atoms with Gasteiger partial charge < -0.3 is 0 Å². The van der Waals surface area contributed by atoms with Gasteiger partial charge in [-0.1, -0.05) is 0 Å². The van der Waals surface area contributed by atoms with E-state index in [2.05, 4.69) is 0 Å². The van der Waals surface area contributed by atoms with Crippen molar-refractivity contribution >= 4 is 22.5 Å². The third kappa shape index (κ3) is 1.97. The Morgan fingerprint density at radius 3 is 2.57 bits per heavy atom. The van der Waals surface area contributed by atoms with Gasteiger partial charge in [-0.3, -0.25) is 0 Å². The van der Waals surface area contributed by atoms with Gasteiger partial charge in [-0.15, -0.1) is 0 Å². The third-order valence-electron chi connectivity index (χ3n) is 0.842. The van der Waals surface area contributed by atoms with Gasteiger partial charge in [0.25, 0.3) is 0 Å². The van der Waals surface area contributed by atoms with Gasteiger partial charge in [0.2, 0.25) is 0 Å². The van der Waals surface area contributed by atoms with Gasteiger partial charge in [0.05, 0.1) is 0 Å². The van der Waals surface area contributed by atoms with E-state index in [0.717, 1.165) is 42.3 Å². The van der Waals surface area contributed by atoms with Crippen LogP contribution in [0.5, 0.6) is 0 Å². The van der Waals surface area contributed by atoms with Crippen molar-refractivity contribution in [2.45, 2.75) is 4.12 Å². The van der Waals surface area contributed by atoms with Crippen molar-refractivity contribution in [3.63, 3.8) is 0 Å². The van der Waals surface area contributed by atoms with Crippen LogP contribution in [-0.4, -0.2) is 46.5 Å². The quantitative estimate of drug-likeness (QED) is 0.487. The Hall–Kier alpha value is 0.719. The van der Waals surface area contributed by atoms with Crippen molar-refractivity contribution in [3.8, 4) is 0 Å². The van der Waals surface area contributed by atoms with E-state index in [1.54, 1.807) is 0 Å². The first-order chi connectivity index (χ1) is 3.39. The summed E-state index contributed by atoms with van der Waals surface area (Å²) in [4.78, 5) is 0. The van der Waals surface area contributed by atoms with Crippen LogP contribution in [0.2, 0.25) is 0 Å². The Labute approximate surface area is 56.3 Å². The molecule has 1 aliphatic rings. The number of hydrogen-bond donors (Lipinski definition) is 0. The first kappa shape index (κ1) is 5.85. The van der Waals surface area contributed by atoms with Crippen LogP contribution in [0, 0.1) is 0 Å². The fraction of sp³-hybridized carbons (Fsp3) is 1.00. The van der Waals surface area contributed by atoms with Gasteiger partial charge in [0.1, 0.15) is 0 Å². The molecule has 0 aliphatic carbocycles. The normalized spacial score (nSPS) is 33.0. The Kier molecular flexibility index (Phi) is 2.41. The van der Waals surface area contributed by atoms with E-state index >= 15 is 0 Å². The summed E-state index contributed by atoms with van der Waals surface area (Å²) in [7, 11) is 0. The zero-order valence-electron chi connectivity index (χ0n) is 4.09. The molecule has 1 atom stereocenters. The molecule has 1 fully saturated rings. The molecule has 7 heavy (non-hydrogen) atoms. The Balaban J connectivity index is 2.12. The van der Waals surface area contributed by atoms with Crippen molar-refractivity contribution in [1.82, 2.24) is 0 Å². The van der Waals surface area contributed by atoms with E-state index in [-0.39, 0.29) is 0 Å². The molecule has 0 spiro atoms. The molecule has 2 radical (unpaired) electrons. The van der Waals surface area contributed by atoms with Crippen molar-refractivity contribution in [3.05, 3.63) is 0 Å². The van der Waals surface area contributed by atoms with Gasteiger partial charge in [-0.2, -0.15) is 0 Å². The van der Waals surface area contributed by atoms with Crippen LogP contribution in [0.1, 0.15) is 0 Å². The summed E-state index contributed by atoms with van der Waals surface area (Å²) < 4.78 is 10.7. The van der Waals surface area contributed by atoms with Gasteiger partial charge in [0.15, 0.2) is 0 Å². The summed E-state index contributed by atoms with van der Waals surface area (Å²) in [6.07, 6.45) is 0. The molecule has 0 N–H and O–H groups in total. The predicted molar refractivity (Wildman–Crippen MR) is 27.7 cm³/mol. The average Bonchev–Trinajstić information content (AvgIpc) is 1.69. The molecule has 0 saturated carbocycles. The van der Waals surface area contributed by atoms with E-state index in [4.69, 9.17) is 9.47 Å². The predicted octanol–water partition coefficient (Wildman–Crippen LogP) is -0.740. The van der Waals surface area contributed by atoms with Crippen LogP contribution >= 0.6 is 0 Å². The molecule has 1 aliphatic heterocycles. The monoisotopic (exact) mass is 208 g/mol. The summed E-state index contributed by atoms with van der Waals surface area (Å²) in [6, 6.07) is 0. The van der Waals surface area contributed by atoms with E-state index in [0.29, 0.717) is 4.12 Å². The molecule has 1 unspecified atom stereocenters. The molecule has 1 saturated heterocycles. The summed E-state index contributed by atoms with van der Waals surface area (Å²) >= 11 is 1.16. The topological polar surface area (TPSA) is 18.5 Å². The molecule has 0 aromatic rings. The molecule has 1 heterocycles. The Morgan fingerprint density at radius 2 is 2.29 bits per heavy atom. The molecule has 3 heteroatoms. The molecule has 2 nitrogen and oxygen atoms in total.